The first-order chi connectivity index (χ1) is 16.4. The van der Waals surface area contributed by atoms with E-state index < -0.39 is 27.8 Å². The second-order valence-corrected chi connectivity index (χ2v) is 10.8. The number of aryl methyl sites for hydroxylation is 1. The standard InChI is InChI=1S/C23H21Cl2F3N2O4S/c1-13-10-17(23(26,27)28)15-5-2-6-19(22(15)29-13)34-12-16-18(24)7-8-20(21(16)25)35(32,33)30-9-3-4-14(30)11-31/h2,5-8,10,14,31H,3-4,9,11-12H2,1H3/t14-/m0/s1. The summed E-state index contributed by atoms with van der Waals surface area (Å²) >= 11 is 12.8. The van der Waals surface area contributed by atoms with Gasteiger partial charge in [-0.05, 0) is 44.0 Å². The molecule has 3 aromatic rings. The monoisotopic (exact) mass is 548 g/mol. The molecular formula is C23H21Cl2F3N2O4S. The molecule has 0 spiro atoms. The van der Waals surface area contributed by atoms with Crippen LogP contribution in [0.4, 0.5) is 13.2 Å². The molecule has 1 fully saturated rings. The molecular weight excluding hydrogens is 528 g/mol. The van der Waals surface area contributed by atoms with Crippen LogP contribution in [-0.2, 0) is 22.8 Å². The van der Waals surface area contributed by atoms with E-state index in [-0.39, 0.29) is 62.6 Å². The minimum Gasteiger partial charge on any atom is -0.487 e. The summed E-state index contributed by atoms with van der Waals surface area (Å²) in [7, 11) is -4.03. The van der Waals surface area contributed by atoms with E-state index in [2.05, 4.69) is 4.98 Å². The number of hydrogen-bond acceptors (Lipinski definition) is 5. The number of benzene rings is 2. The van der Waals surface area contributed by atoms with E-state index >= 15 is 0 Å². The Kier molecular flexibility index (Phi) is 7.23. The van der Waals surface area contributed by atoms with E-state index in [9.17, 15) is 26.7 Å². The maximum atomic E-state index is 13.5. The van der Waals surface area contributed by atoms with Gasteiger partial charge in [-0.2, -0.15) is 17.5 Å². The Labute approximate surface area is 210 Å². The number of pyridine rings is 1. The Morgan fingerprint density at radius 1 is 1.23 bits per heavy atom. The van der Waals surface area contributed by atoms with Crippen molar-refractivity contribution >= 4 is 44.1 Å². The Morgan fingerprint density at radius 2 is 1.97 bits per heavy atom. The second-order valence-electron chi connectivity index (χ2n) is 8.18. The lowest BCUT2D eigenvalue weighted by atomic mass is 10.1. The zero-order valence-electron chi connectivity index (χ0n) is 18.4. The number of alkyl halides is 3. The van der Waals surface area contributed by atoms with Crippen molar-refractivity contribution in [2.24, 2.45) is 0 Å². The largest absolute Gasteiger partial charge is 0.487 e. The number of nitrogens with zero attached hydrogens (tertiary/aromatic N) is 2. The van der Waals surface area contributed by atoms with E-state index in [1.165, 1.54) is 41.6 Å². The molecule has 0 bridgehead atoms. The number of halogens is 5. The molecule has 0 saturated carbocycles. The number of rotatable bonds is 6. The van der Waals surface area contributed by atoms with Crippen molar-refractivity contribution < 1.29 is 31.4 Å². The van der Waals surface area contributed by atoms with Gasteiger partial charge >= 0.3 is 6.18 Å². The summed E-state index contributed by atoms with van der Waals surface area (Å²) in [5.41, 5.74) is -0.499. The summed E-state index contributed by atoms with van der Waals surface area (Å²) in [4.78, 5) is 4.03. The van der Waals surface area contributed by atoms with Crippen LogP contribution in [0.2, 0.25) is 10.0 Å². The first-order valence-electron chi connectivity index (χ1n) is 10.6. The number of hydrogen-bond donors (Lipinski definition) is 1. The van der Waals surface area contributed by atoms with E-state index in [1.807, 2.05) is 0 Å². The highest BCUT2D eigenvalue weighted by molar-refractivity contribution is 7.89. The van der Waals surface area contributed by atoms with Gasteiger partial charge in [-0.1, -0.05) is 35.3 Å². The minimum atomic E-state index is -4.58. The lowest BCUT2D eigenvalue weighted by molar-refractivity contribution is -0.136. The molecule has 1 aliphatic heterocycles. The van der Waals surface area contributed by atoms with E-state index in [1.54, 1.807) is 0 Å². The third-order valence-corrected chi connectivity index (χ3v) is 8.77. The zero-order chi connectivity index (χ0) is 25.5. The van der Waals surface area contributed by atoms with Crippen LogP contribution in [0.15, 0.2) is 41.3 Å². The van der Waals surface area contributed by atoms with Gasteiger partial charge in [0.25, 0.3) is 0 Å². The maximum absolute atomic E-state index is 13.5. The van der Waals surface area contributed by atoms with Crippen LogP contribution in [0.3, 0.4) is 0 Å². The van der Waals surface area contributed by atoms with Crippen molar-refractivity contribution in [3.05, 3.63) is 63.3 Å². The topological polar surface area (TPSA) is 79.7 Å². The Balaban J connectivity index is 1.71. The van der Waals surface area contributed by atoms with Crippen LogP contribution < -0.4 is 4.74 Å². The van der Waals surface area contributed by atoms with Gasteiger partial charge < -0.3 is 9.84 Å². The van der Waals surface area contributed by atoms with Gasteiger partial charge in [0.15, 0.2) is 0 Å². The molecule has 12 heteroatoms. The number of fused-ring (bicyclic) bond motifs is 1. The lowest BCUT2D eigenvalue weighted by Gasteiger charge is -2.23. The fraction of sp³-hybridized carbons (Fsp3) is 0.348. The summed E-state index contributed by atoms with van der Waals surface area (Å²) in [6, 6.07) is 7.26. The van der Waals surface area contributed by atoms with Gasteiger partial charge in [0.2, 0.25) is 10.0 Å². The molecule has 1 N–H and O–H groups in total. The summed E-state index contributed by atoms with van der Waals surface area (Å²) in [5, 5.41) is 9.40. The molecule has 1 atom stereocenters. The smallest absolute Gasteiger partial charge is 0.417 e. The molecule has 6 nitrogen and oxygen atoms in total. The molecule has 0 unspecified atom stereocenters. The number of aromatic nitrogens is 1. The van der Waals surface area contributed by atoms with Crippen LogP contribution in [0.1, 0.15) is 29.7 Å². The fourth-order valence-corrected chi connectivity index (χ4v) is 6.74. The van der Waals surface area contributed by atoms with Crippen LogP contribution >= 0.6 is 23.2 Å². The van der Waals surface area contributed by atoms with Crippen molar-refractivity contribution in [2.45, 2.75) is 43.5 Å². The Hall–Kier alpha value is -2.11. The summed E-state index contributed by atoms with van der Waals surface area (Å²) in [6.07, 6.45) is -3.44. The van der Waals surface area contributed by atoms with Gasteiger partial charge in [-0.3, -0.25) is 0 Å². The number of ether oxygens (including phenoxy) is 1. The van der Waals surface area contributed by atoms with Gasteiger partial charge in [-0.15, -0.1) is 0 Å². The van der Waals surface area contributed by atoms with Crippen LogP contribution in [0.5, 0.6) is 5.75 Å². The molecule has 0 aliphatic carbocycles. The minimum absolute atomic E-state index is 0.0127. The van der Waals surface area contributed by atoms with Gasteiger partial charge in [0.05, 0.1) is 17.2 Å². The quantitative estimate of drug-likeness (QED) is 0.434. The first kappa shape index (κ1) is 26.0. The zero-order valence-corrected chi connectivity index (χ0v) is 20.8. The van der Waals surface area contributed by atoms with Crippen molar-refractivity contribution in [1.82, 2.24) is 9.29 Å². The molecule has 0 radical (unpaired) electrons. The number of aliphatic hydroxyl groups is 1. The molecule has 188 valence electrons. The lowest BCUT2D eigenvalue weighted by Crippen LogP contribution is -2.37. The Morgan fingerprint density at radius 3 is 2.66 bits per heavy atom. The highest BCUT2D eigenvalue weighted by Gasteiger charge is 2.37. The molecule has 4 rings (SSSR count). The van der Waals surface area contributed by atoms with Crippen molar-refractivity contribution in [1.29, 1.82) is 0 Å². The normalized spacial score (nSPS) is 17.3. The van der Waals surface area contributed by atoms with E-state index in [0.717, 1.165) is 6.07 Å². The third-order valence-electron chi connectivity index (χ3n) is 5.88. The predicted molar refractivity (Wildman–Crippen MR) is 126 cm³/mol. The molecule has 1 aliphatic rings. The number of sulfonamides is 1. The van der Waals surface area contributed by atoms with Crippen LogP contribution in [0, 0.1) is 6.92 Å². The third kappa shape index (κ3) is 4.95. The number of aliphatic hydroxyl groups excluding tert-OH is 1. The molecule has 1 aromatic heterocycles. The summed E-state index contributed by atoms with van der Waals surface area (Å²) in [6.45, 7) is 1.08. The second kappa shape index (κ2) is 9.74. The maximum Gasteiger partial charge on any atom is 0.417 e. The van der Waals surface area contributed by atoms with Crippen molar-refractivity contribution in [2.75, 3.05) is 13.2 Å². The van der Waals surface area contributed by atoms with Crippen LogP contribution in [0.25, 0.3) is 10.9 Å². The fourth-order valence-electron chi connectivity index (χ4n) is 4.19. The highest BCUT2D eigenvalue weighted by Crippen LogP contribution is 2.39. The molecule has 2 aromatic carbocycles. The predicted octanol–water partition coefficient (Wildman–Crippen LogP) is 5.59. The summed E-state index contributed by atoms with van der Waals surface area (Å²) < 4.78 is 74.1. The number of para-hydroxylation sites is 1. The van der Waals surface area contributed by atoms with E-state index in [4.69, 9.17) is 27.9 Å². The summed E-state index contributed by atoms with van der Waals surface area (Å²) in [5.74, 6) is 0.0666. The Bertz CT molecular complexity index is 1380. The van der Waals surface area contributed by atoms with Crippen molar-refractivity contribution in [3.8, 4) is 5.75 Å². The molecule has 35 heavy (non-hydrogen) atoms. The molecule has 2 heterocycles. The van der Waals surface area contributed by atoms with E-state index in [0.29, 0.717) is 12.8 Å². The molecule has 1 saturated heterocycles. The SMILES string of the molecule is Cc1cc(C(F)(F)F)c2cccc(OCc3c(Cl)ccc(S(=O)(=O)N4CCC[C@H]4CO)c3Cl)c2n1. The van der Waals surface area contributed by atoms with Gasteiger partial charge in [-0.25, -0.2) is 13.4 Å². The average Bonchev–Trinajstić information content (AvgIpc) is 3.28. The highest BCUT2D eigenvalue weighted by atomic mass is 35.5. The van der Waals surface area contributed by atoms with Crippen LogP contribution in [-0.4, -0.2) is 42.0 Å². The van der Waals surface area contributed by atoms with Crippen molar-refractivity contribution in [3.63, 3.8) is 0 Å². The first-order valence-corrected chi connectivity index (χ1v) is 12.8. The average molecular weight is 549 g/mol. The van der Waals surface area contributed by atoms with Gasteiger partial charge in [0, 0.05) is 34.3 Å². The van der Waals surface area contributed by atoms with Gasteiger partial charge in [0.1, 0.15) is 22.8 Å². The molecule has 0 amide bonds.